The molecule has 0 aliphatic rings. The van der Waals surface area contributed by atoms with Gasteiger partial charge in [0, 0.05) is 0 Å². The zero-order valence-electron chi connectivity index (χ0n) is 21.5. The standard InChI is InChI=1S/C29H36N4.Cu/c1-18(2)22-11-9-12-23(19(3)4)26(22)32-17-33(29-28(32)30-15-16-31-29)27-24(20(5)6)13-10-14-25(27)21(7)8;/h9-16,18-21H,1-8H3;. The Morgan fingerprint density at radius 2 is 0.853 bits per heavy atom. The zero-order chi connectivity index (χ0) is 24.7. The molecule has 4 aromatic rings. The number of benzene rings is 2. The van der Waals surface area contributed by atoms with Gasteiger partial charge in [-0.1, -0.05) is 0 Å². The summed E-state index contributed by atoms with van der Waals surface area (Å²) in [5.74, 6) is 1.38. The van der Waals surface area contributed by atoms with Gasteiger partial charge in [0.1, 0.15) is 0 Å². The normalized spacial score (nSPS) is 12.2. The van der Waals surface area contributed by atoms with Crippen molar-refractivity contribution in [1.82, 2.24) is 19.1 Å². The molecule has 2 aromatic heterocycles. The molecule has 0 radical (unpaired) electrons. The Morgan fingerprint density at radius 3 is 1.12 bits per heavy atom. The topological polar surface area (TPSA) is 35.6 Å². The van der Waals surface area contributed by atoms with Crippen LogP contribution in [0.2, 0.25) is 0 Å². The molecule has 2 aromatic carbocycles. The molecule has 0 unspecified atom stereocenters. The third-order valence-corrected chi connectivity index (χ3v) is 6.97. The van der Waals surface area contributed by atoms with Gasteiger partial charge in [-0.05, 0) is 0 Å². The minimum atomic E-state index is 0.345. The number of fused-ring (bicyclic) bond motifs is 1. The van der Waals surface area contributed by atoms with Gasteiger partial charge in [0.15, 0.2) is 0 Å². The van der Waals surface area contributed by atoms with Crippen LogP contribution in [0.15, 0.2) is 48.8 Å². The summed E-state index contributed by atoms with van der Waals surface area (Å²) in [6, 6.07) is 13.2. The molecule has 34 heavy (non-hydrogen) atoms. The van der Waals surface area contributed by atoms with Gasteiger partial charge in [-0.25, -0.2) is 0 Å². The summed E-state index contributed by atoms with van der Waals surface area (Å²) in [6.45, 7) is 17.9. The molecule has 4 rings (SSSR count). The number of aromatic nitrogens is 4. The van der Waals surface area contributed by atoms with Crippen LogP contribution < -0.4 is 0 Å². The van der Waals surface area contributed by atoms with Gasteiger partial charge in [-0.3, -0.25) is 0 Å². The monoisotopic (exact) mass is 503 g/mol. The van der Waals surface area contributed by atoms with Crippen molar-refractivity contribution in [3.8, 4) is 11.4 Å². The maximum absolute atomic E-state index is 6.49. The number of hydrogen-bond acceptors (Lipinski definition) is 2. The van der Waals surface area contributed by atoms with Gasteiger partial charge in [0.25, 0.3) is 0 Å². The molecular weight excluding hydrogens is 468 g/mol. The van der Waals surface area contributed by atoms with E-state index in [-0.39, 0.29) is 0 Å². The van der Waals surface area contributed by atoms with Crippen molar-refractivity contribution in [2.24, 2.45) is 0 Å². The first-order valence-corrected chi connectivity index (χ1v) is 12.8. The zero-order valence-corrected chi connectivity index (χ0v) is 22.5. The van der Waals surface area contributed by atoms with Crippen molar-refractivity contribution in [3.63, 3.8) is 0 Å². The van der Waals surface area contributed by atoms with Crippen LogP contribution in [0.4, 0.5) is 0 Å². The van der Waals surface area contributed by atoms with Crippen molar-refractivity contribution in [3.05, 3.63) is 75.4 Å². The van der Waals surface area contributed by atoms with E-state index >= 15 is 0 Å². The molecule has 4 nitrogen and oxygen atoms in total. The number of imidazole rings is 1. The Balaban J connectivity index is 2.22. The van der Waals surface area contributed by atoms with Crippen LogP contribution in [0.5, 0.6) is 0 Å². The third-order valence-electron chi connectivity index (χ3n) is 6.55. The number of rotatable bonds is 6. The summed E-state index contributed by atoms with van der Waals surface area (Å²) in [5.41, 5.74) is 8.95. The second-order valence-electron chi connectivity index (χ2n) is 10.3. The van der Waals surface area contributed by atoms with Crippen molar-refractivity contribution in [2.45, 2.75) is 79.1 Å². The molecule has 0 saturated carbocycles. The molecule has 0 bridgehead atoms. The third kappa shape index (κ3) is 4.10. The van der Waals surface area contributed by atoms with Gasteiger partial charge in [0.2, 0.25) is 0 Å². The molecule has 0 spiro atoms. The van der Waals surface area contributed by atoms with Crippen LogP contribution in [0, 0.1) is 4.32 Å². The van der Waals surface area contributed by atoms with Crippen LogP contribution in [-0.4, -0.2) is 19.1 Å². The fourth-order valence-corrected chi connectivity index (χ4v) is 5.23. The minimum absolute atomic E-state index is 0.345. The van der Waals surface area contributed by atoms with E-state index in [0.29, 0.717) is 28.0 Å². The fraction of sp³-hybridized carbons (Fsp3) is 0.414. The van der Waals surface area contributed by atoms with E-state index in [1.54, 1.807) is 12.4 Å². The first-order valence-electron chi connectivity index (χ1n) is 12.3. The van der Waals surface area contributed by atoms with Gasteiger partial charge in [-0.15, -0.1) is 0 Å². The number of para-hydroxylation sites is 2. The summed E-state index contributed by atoms with van der Waals surface area (Å²) >= 11 is 6.49. The average molecular weight is 504 g/mol. The Morgan fingerprint density at radius 1 is 0.559 bits per heavy atom. The van der Waals surface area contributed by atoms with Crippen molar-refractivity contribution in [1.29, 1.82) is 0 Å². The van der Waals surface area contributed by atoms with Crippen LogP contribution in [0.1, 0.15) is 101 Å². The molecule has 0 saturated heterocycles. The van der Waals surface area contributed by atoms with Crippen LogP contribution >= 0.6 is 0 Å². The van der Waals surface area contributed by atoms with E-state index in [9.17, 15) is 0 Å². The summed E-state index contributed by atoms with van der Waals surface area (Å²) in [7, 11) is 0. The SMILES string of the molecule is CC(C)c1cccc(C(C)C)c1-n1[c](=[Cu])n(-c2c(C(C)C)cccc2C(C)C)c2nccnc21. The van der Waals surface area contributed by atoms with Crippen LogP contribution in [-0.2, 0) is 15.6 Å². The van der Waals surface area contributed by atoms with E-state index < -0.39 is 0 Å². The van der Waals surface area contributed by atoms with Crippen molar-refractivity contribution >= 4 is 11.3 Å². The Labute approximate surface area is 211 Å². The molecule has 0 aliphatic heterocycles. The number of hydrogen-bond donors (Lipinski definition) is 0. The molecule has 5 heteroatoms. The van der Waals surface area contributed by atoms with Crippen LogP contribution in [0.3, 0.4) is 0 Å². The first-order chi connectivity index (χ1) is 16.1. The van der Waals surface area contributed by atoms with E-state index in [1.165, 1.54) is 22.3 Å². The van der Waals surface area contributed by atoms with Gasteiger partial charge < -0.3 is 0 Å². The maximum atomic E-state index is 6.49. The molecule has 0 amide bonds. The second kappa shape index (κ2) is 9.64. The predicted molar refractivity (Wildman–Crippen MR) is 138 cm³/mol. The number of nitrogens with zero attached hydrogens (tertiary/aromatic N) is 4. The molecule has 183 valence electrons. The summed E-state index contributed by atoms with van der Waals surface area (Å²) in [6.07, 6.45) is 3.53. The fourth-order valence-electron chi connectivity index (χ4n) is 4.82. The average Bonchev–Trinajstić information content (AvgIpc) is 3.08. The van der Waals surface area contributed by atoms with Crippen molar-refractivity contribution in [2.75, 3.05) is 0 Å². The van der Waals surface area contributed by atoms with E-state index in [4.69, 9.17) is 25.5 Å². The van der Waals surface area contributed by atoms with Gasteiger partial charge in [0.05, 0.1) is 0 Å². The van der Waals surface area contributed by atoms with E-state index in [1.807, 2.05) is 0 Å². The molecular formula is C29H36CuN4. The molecule has 0 fully saturated rings. The first kappa shape index (κ1) is 24.6. The van der Waals surface area contributed by atoms with Crippen molar-refractivity contribution < 1.29 is 15.6 Å². The predicted octanol–water partition coefficient (Wildman–Crippen LogP) is 7.78. The summed E-state index contributed by atoms with van der Waals surface area (Å²) in [5, 5.41) is 0. The second-order valence-corrected chi connectivity index (χ2v) is 10.7. The molecule has 2 heterocycles. The Hall–Kier alpha value is -2.49. The Bertz CT molecular complexity index is 1230. The van der Waals surface area contributed by atoms with E-state index in [2.05, 4.69) is 101 Å². The molecule has 0 atom stereocenters. The molecule has 0 aliphatic carbocycles. The summed E-state index contributed by atoms with van der Waals surface area (Å²) in [4.78, 5) is 9.65. The van der Waals surface area contributed by atoms with Gasteiger partial charge in [-0.2, -0.15) is 0 Å². The quantitative estimate of drug-likeness (QED) is 0.252. The van der Waals surface area contributed by atoms with Gasteiger partial charge >= 0.3 is 212 Å². The van der Waals surface area contributed by atoms with E-state index in [0.717, 1.165) is 22.7 Å². The molecule has 0 N–H and O–H groups in total. The van der Waals surface area contributed by atoms with Crippen LogP contribution in [0.25, 0.3) is 22.7 Å². The Kier molecular flexibility index (Phi) is 6.98. The summed E-state index contributed by atoms with van der Waals surface area (Å²) < 4.78 is 5.02.